The largest absolute Gasteiger partial charge is 1.00 e. The van der Waals surface area contributed by atoms with Crippen molar-refractivity contribution in [1.29, 1.82) is 0 Å². The first-order chi connectivity index (χ1) is 30.3. The van der Waals surface area contributed by atoms with Crippen molar-refractivity contribution in [3.8, 4) is 23.0 Å². The lowest BCUT2D eigenvalue weighted by molar-refractivity contribution is -0.870. The summed E-state index contributed by atoms with van der Waals surface area (Å²) in [5.74, 6) is 3.53. The summed E-state index contributed by atoms with van der Waals surface area (Å²) in [6.45, 7) is 7.87. The van der Waals surface area contributed by atoms with E-state index in [0.29, 0.717) is 0 Å². The number of quaternary nitrogens is 4. The third kappa shape index (κ3) is 44.8. The van der Waals surface area contributed by atoms with E-state index in [1.807, 2.05) is 0 Å². The maximum absolute atomic E-state index is 6.40. The quantitative estimate of drug-likeness (QED) is 0.0429. The number of ether oxygens (including phenoxy) is 4. The predicted molar refractivity (Wildman–Crippen MR) is 277 cm³/mol. The summed E-state index contributed by atoms with van der Waals surface area (Å²) in [7, 11) is 27.4. The number of hydrogen-bond acceptors (Lipinski definition) is 4. The van der Waals surface area contributed by atoms with Crippen molar-refractivity contribution >= 4 is 12.2 Å². The summed E-state index contributed by atoms with van der Waals surface area (Å²) in [6.07, 6.45) is 31.6. The Balaban J connectivity index is -0.0000106. The van der Waals surface area contributed by atoms with Crippen LogP contribution in [0.5, 0.6) is 23.0 Å². The highest BCUT2D eigenvalue weighted by atomic mass is 127. The van der Waals surface area contributed by atoms with Crippen molar-refractivity contribution in [2.24, 2.45) is 0 Å². The molecule has 2 aromatic carbocycles. The Bertz CT molecular complexity index is 1410. The van der Waals surface area contributed by atoms with Gasteiger partial charge in [0, 0.05) is 12.1 Å². The molecule has 0 aliphatic rings. The number of unbranched alkanes of at least 4 members (excludes halogenated alkanes) is 18. The molecule has 0 atom stereocenters. The Morgan fingerprint density at radius 3 is 0.632 bits per heavy atom. The Hall–Kier alpha value is 0.140. The molecule has 8 nitrogen and oxygen atoms in total. The van der Waals surface area contributed by atoms with Crippen LogP contribution in [0.15, 0.2) is 36.4 Å². The molecule has 0 saturated carbocycles. The lowest BCUT2D eigenvalue weighted by Crippen LogP contribution is -3.00. The van der Waals surface area contributed by atoms with Crippen molar-refractivity contribution in [3.63, 3.8) is 0 Å². The molecular formula is C56H104I4N4O4. The van der Waals surface area contributed by atoms with Gasteiger partial charge in [0.15, 0.2) is 0 Å². The number of rotatable bonds is 40. The van der Waals surface area contributed by atoms with Crippen molar-refractivity contribution < 1.29 is 133 Å². The van der Waals surface area contributed by atoms with E-state index in [9.17, 15) is 0 Å². The third-order valence-corrected chi connectivity index (χ3v) is 11.7. The second-order valence-corrected chi connectivity index (χ2v) is 23.0. The molecule has 0 radical (unpaired) electrons. The summed E-state index contributed by atoms with van der Waals surface area (Å²) in [5, 5.41) is 0. The maximum Gasteiger partial charge on any atom is 0.123 e. The minimum Gasteiger partial charge on any atom is -1.00 e. The Kier molecular flexibility index (Phi) is 44.2. The molecule has 0 bridgehead atoms. The first-order valence-corrected chi connectivity index (χ1v) is 26.0. The van der Waals surface area contributed by atoms with E-state index in [1.165, 1.54) is 142 Å². The van der Waals surface area contributed by atoms with E-state index in [1.54, 1.807) is 0 Å². The van der Waals surface area contributed by atoms with E-state index in [4.69, 9.17) is 18.9 Å². The molecule has 2 aromatic rings. The fourth-order valence-corrected chi connectivity index (χ4v) is 7.89. The first kappa shape index (κ1) is 72.4. The zero-order valence-corrected chi connectivity index (χ0v) is 54.4. The molecule has 2 rings (SSSR count). The minimum absolute atomic E-state index is 0. The van der Waals surface area contributed by atoms with Crippen LogP contribution in [-0.4, -0.2) is 155 Å². The number of benzene rings is 2. The van der Waals surface area contributed by atoms with Gasteiger partial charge in [-0.3, -0.25) is 0 Å². The fourth-order valence-electron chi connectivity index (χ4n) is 7.89. The van der Waals surface area contributed by atoms with Crippen LogP contribution < -0.4 is 115 Å². The van der Waals surface area contributed by atoms with Crippen LogP contribution in [-0.2, 0) is 0 Å². The Labute approximate surface area is 489 Å². The van der Waals surface area contributed by atoms with E-state index in [0.717, 1.165) is 104 Å². The van der Waals surface area contributed by atoms with Crippen molar-refractivity contribution in [3.05, 3.63) is 47.5 Å². The lowest BCUT2D eigenvalue weighted by Gasteiger charge is -2.23. The van der Waals surface area contributed by atoms with Gasteiger partial charge in [-0.05, 0) is 112 Å². The van der Waals surface area contributed by atoms with Crippen LogP contribution in [0.2, 0.25) is 0 Å². The van der Waals surface area contributed by atoms with Crippen molar-refractivity contribution in [1.82, 2.24) is 0 Å². The molecule has 0 N–H and O–H groups in total. The SMILES string of the molecule is C[N+](C)(C)CCCCCCCCOc1cc(/C=C/c2cc(OCCCCCCCC[N+](C)(C)C)cc(OCCCCCCC[N+](C)(C)C)c2)cc(OCCCCCCC[N+](C)(C)C)c1.[I-].[I-].[I-].[I-]. The molecule has 0 aromatic heterocycles. The molecule has 400 valence electrons. The molecule has 0 aliphatic heterocycles. The highest BCUT2D eigenvalue weighted by Crippen LogP contribution is 2.28. The van der Waals surface area contributed by atoms with Gasteiger partial charge < -0.3 is 133 Å². The Morgan fingerprint density at radius 2 is 0.441 bits per heavy atom. The smallest absolute Gasteiger partial charge is 0.123 e. The molecule has 0 saturated heterocycles. The summed E-state index contributed by atoms with van der Waals surface area (Å²) in [5.41, 5.74) is 2.15. The summed E-state index contributed by atoms with van der Waals surface area (Å²) >= 11 is 0. The molecular weight excluding hydrogens is 1300 g/mol. The van der Waals surface area contributed by atoms with Crippen LogP contribution in [0, 0.1) is 0 Å². The third-order valence-electron chi connectivity index (χ3n) is 11.7. The zero-order valence-electron chi connectivity index (χ0n) is 45.8. The molecule has 0 unspecified atom stereocenters. The predicted octanol–water partition coefficient (Wildman–Crippen LogP) is 0.795. The first-order valence-electron chi connectivity index (χ1n) is 26.0. The van der Waals surface area contributed by atoms with Crippen LogP contribution in [0.1, 0.15) is 152 Å². The zero-order chi connectivity index (χ0) is 47.2. The van der Waals surface area contributed by atoms with Crippen LogP contribution >= 0.6 is 0 Å². The van der Waals surface area contributed by atoms with Gasteiger partial charge in [-0.2, -0.15) is 0 Å². The fraction of sp³-hybridized carbons (Fsp3) is 0.750. The highest BCUT2D eigenvalue weighted by Gasteiger charge is 2.10. The maximum atomic E-state index is 6.40. The molecule has 68 heavy (non-hydrogen) atoms. The van der Waals surface area contributed by atoms with Gasteiger partial charge >= 0.3 is 0 Å². The van der Waals surface area contributed by atoms with E-state index in [2.05, 4.69) is 133 Å². The van der Waals surface area contributed by atoms with Gasteiger partial charge in [-0.15, -0.1) is 0 Å². The van der Waals surface area contributed by atoms with E-state index in [-0.39, 0.29) is 95.9 Å². The normalized spacial score (nSPS) is 11.9. The van der Waals surface area contributed by atoms with E-state index >= 15 is 0 Å². The van der Waals surface area contributed by atoms with Crippen LogP contribution in [0.4, 0.5) is 0 Å². The number of nitrogens with zero attached hydrogens (tertiary/aromatic N) is 4. The molecule has 12 heteroatoms. The highest BCUT2D eigenvalue weighted by molar-refractivity contribution is 5.72. The topological polar surface area (TPSA) is 36.9 Å². The standard InChI is InChI=1S/C56H104N4O4.4HI/c1-57(2,3)37-27-19-13-15-23-31-41-61-53-45-51(47-55(49-53)63-43-33-25-17-21-29-39-59(7,8)9)35-36-52-46-54(62-42-32-24-16-14-20-28-38-58(4,5)6)50-56(48-52)64-44-34-26-18-22-30-40-60(10,11)12;;;;/h35-36,45-50H,13-34,37-44H2,1-12H3;4*1H/q+4;;;;/p-4/b36-35+;;;;. The number of hydrogen-bond donors (Lipinski definition) is 0. The summed E-state index contributed by atoms with van der Waals surface area (Å²) in [6, 6.07) is 12.8. The molecule has 0 amide bonds. The van der Waals surface area contributed by atoms with Gasteiger partial charge in [-0.1, -0.05) is 76.4 Å². The lowest BCUT2D eigenvalue weighted by atomic mass is 10.1. The van der Waals surface area contributed by atoms with Gasteiger partial charge in [0.05, 0.1) is 137 Å². The van der Waals surface area contributed by atoms with Gasteiger partial charge in [0.1, 0.15) is 23.0 Å². The minimum atomic E-state index is 0. The monoisotopic (exact) mass is 1400 g/mol. The average Bonchev–Trinajstić information content (AvgIpc) is 3.19. The Morgan fingerprint density at radius 1 is 0.265 bits per heavy atom. The second-order valence-electron chi connectivity index (χ2n) is 23.0. The summed E-state index contributed by atoms with van der Waals surface area (Å²) < 4.78 is 29.8. The van der Waals surface area contributed by atoms with E-state index < -0.39 is 0 Å². The van der Waals surface area contributed by atoms with Crippen molar-refractivity contribution in [2.45, 2.75) is 141 Å². The van der Waals surface area contributed by atoms with Gasteiger partial charge in [0.2, 0.25) is 0 Å². The average molecular weight is 1410 g/mol. The molecule has 0 heterocycles. The van der Waals surface area contributed by atoms with Crippen LogP contribution in [0.3, 0.4) is 0 Å². The van der Waals surface area contributed by atoms with Crippen molar-refractivity contribution in [2.75, 3.05) is 137 Å². The van der Waals surface area contributed by atoms with Gasteiger partial charge in [0.25, 0.3) is 0 Å². The van der Waals surface area contributed by atoms with Crippen LogP contribution in [0.25, 0.3) is 12.2 Å². The molecule has 0 fully saturated rings. The molecule has 0 aliphatic carbocycles. The second kappa shape index (κ2) is 41.5. The molecule has 0 spiro atoms. The van der Waals surface area contributed by atoms with Gasteiger partial charge in [-0.25, -0.2) is 0 Å². The number of halogens is 4. The summed E-state index contributed by atoms with van der Waals surface area (Å²) in [4.78, 5) is 0.